The van der Waals surface area contributed by atoms with Crippen molar-refractivity contribution < 1.29 is 57.1 Å². The average molecular weight is 544 g/mol. The second-order valence-electron chi connectivity index (χ2n) is 6.61. The van der Waals surface area contributed by atoms with Crippen LogP contribution in [-0.4, -0.2) is 110 Å². The molecule has 0 amide bonds. The van der Waals surface area contributed by atoms with Crippen LogP contribution < -0.4 is 11.3 Å². The summed E-state index contributed by atoms with van der Waals surface area (Å²) in [5, 5.41) is 20.5. The van der Waals surface area contributed by atoms with Gasteiger partial charge >= 0.3 is 23.0 Å². The van der Waals surface area contributed by atoms with E-state index in [0.29, 0.717) is 0 Å². The zero-order valence-electron chi connectivity index (χ0n) is 16.6. The van der Waals surface area contributed by atoms with E-state index in [1.165, 1.54) is 0 Å². The summed E-state index contributed by atoms with van der Waals surface area (Å²) in [5.41, 5.74) is 4.55. The van der Waals surface area contributed by atoms with E-state index in [4.69, 9.17) is 20.3 Å². The molecule has 22 heteroatoms. The van der Waals surface area contributed by atoms with Crippen molar-refractivity contribution in [3.8, 4) is 0 Å². The van der Waals surface area contributed by atoms with Crippen LogP contribution in [0, 0.1) is 0 Å². The van der Waals surface area contributed by atoms with E-state index in [9.17, 15) is 38.5 Å². The normalized spacial score (nSPS) is 27.1. The number of fused-ring (bicyclic) bond motifs is 1. The van der Waals surface area contributed by atoms with Gasteiger partial charge in [0.15, 0.2) is 23.3 Å². The minimum atomic E-state index is -5.35. The van der Waals surface area contributed by atoms with Gasteiger partial charge in [0.2, 0.25) is 5.95 Å². The third kappa shape index (κ3) is 7.01. The van der Waals surface area contributed by atoms with Crippen molar-refractivity contribution in [3.05, 3.63) is 16.7 Å². The first-order valence-corrected chi connectivity index (χ1v) is 13.4. The summed E-state index contributed by atoms with van der Waals surface area (Å²) in [7, 11) is -15.7. The SMILES string of the molecule is Nc1nc2c(ncn2C2OC(COP(=O)(O)OP(=O)(O)CP(=O)(O)O)C(O)C2O)c(=O)[nH]1.[Na]. The molecule has 1 fully saturated rings. The molecule has 0 aromatic carbocycles. The molecular formula is C11H18N5NaO13P3. The third-order valence-electron chi connectivity index (χ3n) is 4.06. The number of aliphatic hydroxyl groups excluding tert-OH is 2. The average Bonchev–Trinajstić information content (AvgIpc) is 3.12. The largest absolute Gasteiger partial charge is 0.479 e. The molecule has 33 heavy (non-hydrogen) atoms. The maximum absolute atomic E-state index is 11.9. The summed E-state index contributed by atoms with van der Waals surface area (Å²) >= 11 is 0. The van der Waals surface area contributed by atoms with Crippen LogP contribution in [-0.2, 0) is 27.3 Å². The number of aliphatic hydroxyl groups is 2. The second kappa shape index (κ2) is 10.2. The van der Waals surface area contributed by atoms with E-state index in [0.717, 1.165) is 10.9 Å². The number of nitrogens with zero attached hydrogens (tertiary/aromatic N) is 3. The van der Waals surface area contributed by atoms with Gasteiger partial charge in [-0.15, -0.1) is 0 Å². The first-order chi connectivity index (χ1) is 14.6. The van der Waals surface area contributed by atoms with E-state index >= 15 is 0 Å². The van der Waals surface area contributed by atoms with Gasteiger partial charge in [-0.2, -0.15) is 4.98 Å². The molecule has 1 aliphatic rings. The molecule has 1 aliphatic heterocycles. The molecule has 6 atom stereocenters. The zero-order chi connectivity index (χ0) is 24.1. The molecule has 9 N–H and O–H groups in total. The molecule has 0 bridgehead atoms. The van der Waals surface area contributed by atoms with Crippen LogP contribution in [0.2, 0.25) is 0 Å². The Morgan fingerprint density at radius 3 is 2.42 bits per heavy atom. The first kappa shape index (κ1) is 28.7. The summed E-state index contributed by atoms with van der Waals surface area (Å²) in [4.78, 5) is 58.1. The fourth-order valence-corrected chi connectivity index (χ4v) is 7.18. The molecule has 2 aromatic rings. The number of imidazole rings is 1. The molecule has 1 radical (unpaired) electrons. The first-order valence-electron chi connectivity index (χ1n) is 8.37. The Bertz CT molecular complexity index is 1210. The molecule has 0 aliphatic carbocycles. The number of aromatic nitrogens is 4. The van der Waals surface area contributed by atoms with E-state index in [1.54, 1.807) is 0 Å². The topological polar surface area (TPSA) is 290 Å². The fraction of sp³-hybridized carbons (Fsp3) is 0.545. The number of rotatable bonds is 8. The standard InChI is InChI=1S/C11H18N5O13P3.Na/c12-11-14-8-5(9(19)15-11)13-2-16(8)10-7(18)6(17)4(28-10)1-27-32(25,26)29-31(23,24)3-30(20,21)22;/h2,4,6-7,10,17-18H,1,3H2,(H,23,24)(H,25,26)(H2,20,21,22)(H3,12,14,15,19);. The molecule has 3 rings (SSSR count). The molecular weight excluding hydrogens is 526 g/mol. The number of phosphoric acid groups is 1. The van der Waals surface area contributed by atoms with Crippen molar-refractivity contribution in [1.29, 1.82) is 0 Å². The van der Waals surface area contributed by atoms with Crippen LogP contribution in [0.25, 0.3) is 11.2 Å². The Morgan fingerprint density at radius 2 is 1.82 bits per heavy atom. The Balaban J connectivity index is 0.00000385. The number of nitrogens with two attached hydrogens (primary N) is 1. The predicted octanol–water partition coefficient (Wildman–Crippen LogP) is -2.61. The quantitative estimate of drug-likeness (QED) is 0.125. The minimum Gasteiger partial charge on any atom is -0.387 e. The Hall–Kier alpha value is -0.520. The van der Waals surface area contributed by atoms with Crippen LogP contribution in [0.5, 0.6) is 0 Å². The molecule has 0 saturated carbocycles. The molecule has 2 aromatic heterocycles. The second-order valence-corrected chi connectivity index (χ2v) is 12.2. The molecule has 6 unspecified atom stereocenters. The number of anilines is 1. The fourth-order valence-electron chi connectivity index (χ4n) is 2.84. The van der Waals surface area contributed by atoms with Gasteiger partial charge in [0.25, 0.3) is 5.56 Å². The Morgan fingerprint density at radius 1 is 1.18 bits per heavy atom. The van der Waals surface area contributed by atoms with Crippen LogP contribution in [0.4, 0.5) is 5.95 Å². The molecule has 181 valence electrons. The van der Waals surface area contributed by atoms with Gasteiger partial charge in [0.05, 0.1) is 12.9 Å². The summed E-state index contributed by atoms with van der Waals surface area (Å²) in [6.07, 6.45) is -5.19. The van der Waals surface area contributed by atoms with Gasteiger partial charge in [0.1, 0.15) is 18.3 Å². The van der Waals surface area contributed by atoms with E-state index < -0.39 is 65.6 Å². The van der Waals surface area contributed by atoms with Gasteiger partial charge in [-0.3, -0.25) is 28.0 Å². The summed E-state index contributed by atoms with van der Waals surface area (Å²) in [6.45, 7) is -0.957. The van der Waals surface area contributed by atoms with Gasteiger partial charge < -0.3 is 40.3 Å². The molecule has 1 saturated heterocycles. The van der Waals surface area contributed by atoms with E-state index in [-0.39, 0.29) is 46.7 Å². The van der Waals surface area contributed by atoms with E-state index in [1.807, 2.05) is 0 Å². The molecule has 0 spiro atoms. The van der Waals surface area contributed by atoms with Crippen molar-refractivity contribution in [2.45, 2.75) is 24.5 Å². The summed E-state index contributed by atoms with van der Waals surface area (Å²) in [5.74, 6) is -2.00. The van der Waals surface area contributed by atoms with Crippen molar-refractivity contribution in [1.82, 2.24) is 19.5 Å². The molecule has 3 heterocycles. The smallest absolute Gasteiger partial charge is 0.387 e. The van der Waals surface area contributed by atoms with Crippen LogP contribution in [0.1, 0.15) is 6.23 Å². The number of hydrogen-bond donors (Lipinski definition) is 8. The van der Waals surface area contributed by atoms with Gasteiger partial charge in [-0.1, -0.05) is 0 Å². The number of hydrogen-bond acceptors (Lipinski definition) is 12. The number of H-pyrrole nitrogens is 1. The van der Waals surface area contributed by atoms with Crippen molar-refractivity contribution in [2.24, 2.45) is 0 Å². The van der Waals surface area contributed by atoms with Crippen molar-refractivity contribution >= 4 is 69.7 Å². The number of phosphoric ester groups is 1. The number of aromatic amines is 1. The van der Waals surface area contributed by atoms with Crippen molar-refractivity contribution in [2.75, 3.05) is 18.2 Å². The Kier molecular flexibility index (Phi) is 8.90. The third-order valence-corrected chi connectivity index (χ3v) is 9.28. The number of nitrogens with one attached hydrogen (secondary N) is 1. The van der Waals surface area contributed by atoms with Crippen LogP contribution in [0.3, 0.4) is 0 Å². The van der Waals surface area contributed by atoms with Crippen molar-refractivity contribution in [3.63, 3.8) is 0 Å². The monoisotopic (exact) mass is 544 g/mol. The summed E-state index contributed by atoms with van der Waals surface area (Å²) < 4.78 is 49.1. The minimum absolute atomic E-state index is 0. The van der Waals surface area contributed by atoms with Crippen LogP contribution in [0.15, 0.2) is 11.1 Å². The van der Waals surface area contributed by atoms with E-state index in [2.05, 4.69) is 23.8 Å². The maximum Gasteiger partial charge on any atom is 0.479 e. The number of ether oxygens (including phenoxy) is 1. The maximum atomic E-state index is 11.9. The van der Waals surface area contributed by atoms with Gasteiger partial charge in [0, 0.05) is 29.6 Å². The Labute approximate surface area is 205 Å². The van der Waals surface area contributed by atoms with Gasteiger partial charge in [-0.05, 0) is 0 Å². The molecule has 18 nitrogen and oxygen atoms in total. The summed E-state index contributed by atoms with van der Waals surface area (Å²) in [6, 6.07) is 0. The predicted molar refractivity (Wildman–Crippen MR) is 108 cm³/mol. The van der Waals surface area contributed by atoms with Crippen LogP contribution >= 0.6 is 23.0 Å². The van der Waals surface area contributed by atoms with Gasteiger partial charge in [-0.25, -0.2) is 13.9 Å². The number of nitrogen functional groups attached to an aromatic ring is 1. The zero-order valence-corrected chi connectivity index (χ0v) is 21.3.